The summed E-state index contributed by atoms with van der Waals surface area (Å²) in [6.45, 7) is 4.49. The lowest BCUT2D eigenvalue weighted by Gasteiger charge is -2.26. The van der Waals surface area contributed by atoms with E-state index in [1.54, 1.807) is 4.90 Å². The van der Waals surface area contributed by atoms with Crippen LogP contribution in [-0.2, 0) is 36.9 Å². The second-order valence-corrected chi connectivity index (χ2v) is 10.3. The molecule has 2 aromatic carbocycles. The molecule has 2 aromatic rings. The average molecular weight is 551 g/mol. The van der Waals surface area contributed by atoms with Crippen molar-refractivity contribution in [2.24, 2.45) is 5.92 Å². The number of hydrogen-bond donors (Lipinski definition) is 3. The maximum atomic E-state index is 13.4. The van der Waals surface area contributed by atoms with Gasteiger partial charge in [0, 0.05) is 25.9 Å². The normalized spacial score (nSPS) is 15.2. The number of aldehydes is 1. The van der Waals surface area contributed by atoms with E-state index in [0.717, 1.165) is 11.1 Å². The Morgan fingerprint density at radius 1 is 0.900 bits per heavy atom. The van der Waals surface area contributed by atoms with Crippen LogP contribution in [0.3, 0.4) is 0 Å². The first-order valence-corrected chi connectivity index (χ1v) is 13.6. The van der Waals surface area contributed by atoms with E-state index in [1.807, 2.05) is 74.5 Å². The zero-order valence-electron chi connectivity index (χ0n) is 23.0. The third-order valence-electron chi connectivity index (χ3n) is 6.52. The summed E-state index contributed by atoms with van der Waals surface area (Å²) in [4.78, 5) is 64.6. The molecule has 0 unspecified atom stereocenters. The Balaban J connectivity index is 1.69. The first-order valence-electron chi connectivity index (χ1n) is 13.6. The molecule has 1 fully saturated rings. The van der Waals surface area contributed by atoms with E-state index in [-0.39, 0.29) is 31.4 Å². The summed E-state index contributed by atoms with van der Waals surface area (Å²) in [7, 11) is 0. The monoisotopic (exact) mass is 550 g/mol. The van der Waals surface area contributed by atoms with Gasteiger partial charge in [0.2, 0.25) is 17.7 Å². The van der Waals surface area contributed by atoms with Gasteiger partial charge in [0.1, 0.15) is 31.0 Å². The molecule has 1 aliphatic heterocycles. The molecule has 1 aliphatic rings. The smallest absolute Gasteiger partial charge is 0.408 e. The van der Waals surface area contributed by atoms with Gasteiger partial charge in [-0.1, -0.05) is 74.5 Å². The molecule has 0 radical (unpaired) electrons. The lowest BCUT2D eigenvalue weighted by molar-refractivity contribution is -0.132. The van der Waals surface area contributed by atoms with Crippen LogP contribution in [0.2, 0.25) is 0 Å². The number of likely N-dealkylation sites (tertiary alicyclic amines) is 1. The highest BCUT2D eigenvalue weighted by Gasteiger charge is 2.30. The second-order valence-electron chi connectivity index (χ2n) is 10.3. The lowest BCUT2D eigenvalue weighted by Crippen LogP contribution is -2.57. The standard InChI is InChI=1S/C30H38N4O6/c1-21(2)16-25(33-30(39)40-20-23-12-7-4-8-13-23)29(38)32-26(17-22-10-5-3-6-11-22)28(37)31-24(19-35)18-34-15-9-14-27(34)36/h3-8,10-13,19,21,24-26H,9,14-18,20H2,1-2H3,(H,31,37)(H,32,38)(H,33,39)/t24-,25-,26-/m0/s1. The Labute approximate surface area is 234 Å². The van der Waals surface area contributed by atoms with Gasteiger partial charge >= 0.3 is 6.09 Å². The maximum absolute atomic E-state index is 13.4. The van der Waals surface area contributed by atoms with Crippen molar-refractivity contribution in [1.82, 2.24) is 20.9 Å². The first kappa shape index (κ1) is 30.3. The maximum Gasteiger partial charge on any atom is 0.408 e. The summed E-state index contributed by atoms with van der Waals surface area (Å²) in [5.41, 5.74) is 1.61. The highest BCUT2D eigenvalue weighted by Crippen LogP contribution is 2.11. The van der Waals surface area contributed by atoms with Crippen LogP contribution in [0, 0.1) is 5.92 Å². The van der Waals surface area contributed by atoms with Crippen LogP contribution in [0.15, 0.2) is 60.7 Å². The van der Waals surface area contributed by atoms with Crippen molar-refractivity contribution in [2.45, 2.75) is 64.3 Å². The molecule has 1 heterocycles. The van der Waals surface area contributed by atoms with Crippen molar-refractivity contribution < 1.29 is 28.7 Å². The zero-order chi connectivity index (χ0) is 28.9. The fraction of sp³-hybridized carbons (Fsp3) is 0.433. The highest BCUT2D eigenvalue weighted by molar-refractivity contribution is 5.92. The van der Waals surface area contributed by atoms with Crippen LogP contribution >= 0.6 is 0 Å². The predicted molar refractivity (Wildman–Crippen MR) is 149 cm³/mol. The molecular weight excluding hydrogens is 512 g/mol. The minimum atomic E-state index is -1.02. The number of benzene rings is 2. The molecule has 4 amide bonds. The summed E-state index contributed by atoms with van der Waals surface area (Å²) in [6, 6.07) is 15.4. The molecule has 10 nitrogen and oxygen atoms in total. The number of alkyl carbamates (subject to hydrolysis) is 1. The largest absolute Gasteiger partial charge is 0.445 e. The van der Waals surface area contributed by atoms with Crippen molar-refractivity contribution in [3.8, 4) is 0 Å². The molecule has 0 bridgehead atoms. The van der Waals surface area contributed by atoms with Gasteiger partial charge < -0.3 is 30.4 Å². The zero-order valence-corrected chi connectivity index (χ0v) is 23.0. The van der Waals surface area contributed by atoms with Gasteiger partial charge in [0.25, 0.3) is 0 Å². The van der Waals surface area contributed by atoms with E-state index in [4.69, 9.17) is 4.74 Å². The average Bonchev–Trinajstić information content (AvgIpc) is 3.35. The Morgan fingerprint density at radius 3 is 2.10 bits per heavy atom. The second kappa shape index (κ2) is 15.4. The SMILES string of the molecule is CC(C)C[C@H](NC(=O)OCc1ccccc1)C(=O)N[C@@H](Cc1ccccc1)C(=O)N[C@H](C=O)CN1CCCC1=O. The van der Waals surface area contributed by atoms with Crippen LogP contribution in [0.25, 0.3) is 0 Å². The third kappa shape index (κ3) is 9.83. The van der Waals surface area contributed by atoms with Gasteiger partial charge in [-0.3, -0.25) is 14.4 Å². The van der Waals surface area contributed by atoms with E-state index >= 15 is 0 Å². The van der Waals surface area contributed by atoms with Crippen LogP contribution in [0.1, 0.15) is 44.2 Å². The van der Waals surface area contributed by atoms with Crippen LogP contribution in [0.5, 0.6) is 0 Å². The van der Waals surface area contributed by atoms with Crippen molar-refractivity contribution in [2.75, 3.05) is 13.1 Å². The number of ether oxygens (including phenoxy) is 1. The van der Waals surface area contributed by atoms with Crippen LogP contribution in [0.4, 0.5) is 4.79 Å². The summed E-state index contributed by atoms with van der Waals surface area (Å²) < 4.78 is 5.30. The van der Waals surface area contributed by atoms with Gasteiger partial charge in [-0.2, -0.15) is 0 Å². The molecule has 3 atom stereocenters. The van der Waals surface area contributed by atoms with Gasteiger partial charge in [-0.25, -0.2) is 4.79 Å². The minimum absolute atomic E-state index is 0.0499. The van der Waals surface area contributed by atoms with E-state index in [0.29, 0.717) is 32.1 Å². The van der Waals surface area contributed by atoms with Crippen molar-refractivity contribution in [3.63, 3.8) is 0 Å². The molecule has 3 N–H and O–H groups in total. The summed E-state index contributed by atoms with van der Waals surface area (Å²) in [5.74, 6) is -1.10. The predicted octanol–water partition coefficient (Wildman–Crippen LogP) is 2.36. The molecule has 40 heavy (non-hydrogen) atoms. The molecule has 0 saturated carbocycles. The fourth-order valence-electron chi connectivity index (χ4n) is 4.48. The summed E-state index contributed by atoms with van der Waals surface area (Å²) >= 11 is 0. The number of amides is 4. The van der Waals surface area contributed by atoms with E-state index in [2.05, 4.69) is 16.0 Å². The van der Waals surface area contributed by atoms with Crippen LogP contribution < -0.4 is 16.0 Å². The molecule has 0 spiro atoms. The number of hydrogen-bond acceptors (Lipinski definition) is 6. The van der Waals surface area contributed by atoms with Gasteiger partial charge in [0.15, 0.2) is 0 Å². The minimum Gasteiger partial charge on any atom is -0.445 e. The fourth-order valence-corrected chi connectivity index (χ4v) is 4.48. The molecule has 10 heteroatoms. The molecule has 0 aliphatic carbocycles. The number of rotatable bonds is 14. The van der Waals surface area contributed by atoms with Crippen molar-refractivity contribution in [1.29, 1.82) is 0 Å². The summed E-state index contributed by atoms with van der Waals surface area (Å²) in [5, 5.41) is 8.06. The molecule has 0 aromatic heterocycles. The molecule has 3 rings (SSSR count). The number of nitrogens with zero attached hydrogens (tertiary/aromatic N) is 1. The Morgan fingerprint density at radius 2 is 1.52 bits per heavy atom. The molecule has 1 saturated heterocycles. The highest BCUT2D eigenvalue weighted by atomic mass is 16.5. The summed E-state index contributed by atoms with van der Waals surface area (Å²) in [6.07, 6.45) is 1.47. The van der Waals surface area contributed by atoms with Crippen molar-refractivity contribution >= 4 is 30.1 Å². The Bertz CT molecular complexity index is 1140. The van der Waals surface area contributed by atoms with Crippen LogP contribution in [-0.4, -0.2) is 66.2 Å². The topological polar surface area (TPSA) is 134 Å². The van der Waals surface area contributed by atoms with E-state index in [9.17, 15) is 24.0 Å². The molecular formula is C30H38N4O6. The van der Waals surface area contributed by atoms with E-state index < -0.39 is 36.0 Å². The number of carbonyl (C=O) groups excluding carboxylic acids is 5. The third-order valence-corrected chi connectivity index (χ3v) is 6.52. The van der Waals surface area contributed by atoms with E-state index in [1.165, 1.54) is 0 Å². The van der Waals surface area contributed by atoms with Gasteiger partial charge in [-0.15, -0.1) is 0 Å². The van der Waals surface area contributed by atoms with Crippen molar-refractivity contribution in [3.05, 3.63) is 71.8 Å². The van der Waals surface area contributed by atoms with Gasteiger partial charge in [0.05, 0.1) is 0 Å². The molecule has 214 valence electrons. The quantitative estimate of drug-likeness (QED) is 0.309. The Hall–Kier alpha value is -4.21. The Kier molecular flexibility index (Phi) is 11.7. The van der Waals surface area contributed by atoms with Gasteiger partial charge in [-0.05, 0) is 29.9 Å². The number of carbonyl (C=O) groups is 5. The first-order chi connectivity index (χ1) is 19.2. The number of nitrogens with one attached hydrogen (secondary N) is 3. The lowest BCUT2D eigenvalue weighted by atomic mass is 10.0.